The van der Waals surface area contributed by atoms with Gasteiger partial charge in [0.05, 0.1) is 19.3 Å². The summed E-state index contributed by atoms with van der Waals surface area (Å²) in [6, 6.07) is 15.8. The van der Waals surface area contributed by atoms with E-state index in [0.29, 0.717) is 24.3 Å². The molecule has 4 aromatic rings. The summed E-state index contributed by atoms with van der Waals surface area (Å²) < 4.78 is 9.22. The van der Waals surface area contributed by atoms with Gasteiger partial charge in [0.25, 0.3) is 0 Å². The van der Waals surface area contributed by atoms with Crippen LogP contribution in [-0.4, -0.2) is 39.2 Å². The summed E-state index contributed by atoms with van der Waals surface area (Å²) in [5, 5.41) is 0. The van der Waals surface area contributed by atoms with Crippen LogP contribution >= 0.6 is 28.7 Å². The highest BCUT2D eigenvalue weighted by Crippen LogP contribution is 2.26. The van der Waals surface area contributed by atoms with Crippen LogP contribution in [0.4, 0.5) is 5.69 Å². The lowest BCUT2D eigenvalue weighted by Gasteiger charge is -2.23. The summed E-state index contributed by atoms with van der Waals surface area (Å²) in [4.78, 5) is 24.1. The minimum Gasteiger partial charge on any atom is -0.497 e. The number of hydrogen-bond donors (Lipinski definition) is 1. The van der Waals surface area contributed by atoms with Gasteiger partial charge < -0.3 is 9.64 Å². The molecule has 0 spiro atoms. The smallest absolute Gasteiger partial charge is 0.340 e. The topological polar surface area (TPSA) is 65.2 Å². The molecule has 0 radical (unpaired) electrons. The number of imidazole rings is 1. The van der Waals surface area contributed by atoms with E-state index in [1.54, 1.807) is 11.7 Å². The van der Waals surface area contributed by atoms with Gasteiger partial charge in [-0.25, -0.2) is 18.7 Å². The van der Waals surface area contributed by atoms with Crippen molar-refractivity contribution in [1.29, 1.82) is 0 Å². The first-order valence-electron chi connectivity index (χ1n) is 10.1. The highest BCUT2D eigenvalue weighted by Gasteiger charge is 2.21. The number of benzene rings is 2. The minimum atomic E-state index is -0.233. The van der Waals surface area contributed by atoms with E-state index in [0.717, 1.165) is 27.2 Å². The Bertz CT molecular complexity index is 1280. The lowest BCUT2D eigenvalue weighted by atomic mass is 10.1. The van der Waals surface area contributed by atoms with Crippen LogP contribution in [0.1, 0.15) is 24.1 Å². The first-order valence-corrected chi connectivity index (χ1v) is 11.3. The van der Waals surface area contributed by atoms with Gasteiger partial charge in [0, 0.05) is 29.7 Å². The van der Waals surface area contributed by atoms with E-state index in [2.05, 4.69) is 50.5 Å². The van der Waals surface area contributed by atoms with Crippen LogP contribution < -0.4 is 15.3 Å². The van der Waals surface area contributed by atoms with Crippen LogP contribution in [-0.2, 0) is 6.54 Å². The fraction of sp³-hybridized carbons (Fsp3) is 0.261. The average molecular weight is 514 g/mol. The minimum absolute atomic E-state index is 0.0360. The van der Waals surface area contributed by atoms with E-state index in [-0.39, 0.29) is 11.6 Å². The van der Waals surface area contributed by atoms with Crippen molar-refractivity contribution in [2.45, 2.75) is 19.4 Å². The van der Waals surface area contributed by atoms with E-state index in [1.807, 2.05) is 55.6 Å². The van der Waals surface area contributed by atoms with Gasteiger partial charge in [-0.1, -0.05) is 47.8 Å². The Balaban J connectivity index is 1.65. The zero-order valence-electron chi connectivity index (χ0n) is 18.1. The van der Waals surface area contributed by atoms with Crippen LogP contribution in [0.15, 0.2) is 64.1 Å². The van der Waals surface area contributed by atoms with Gasteiger partial charge in [-0.3, -0.25) is 4.57 Å². The number of hydrogen-bond acceptors (Lipinski definition) is 6. The maximum atomic E-state index is 13.0. The first kappa shape index (κ1) is 22.4. The molecule has 2 aromatic heterocycles. The molecule has 9 heteroatoms. The molecule has 1 atom stereocenters. The average Bonchev–Trinajstić information content (AvgIpc) is 3.05. The van der Waals surface area contributed by atoms with Crippen LogP contribution in [0.3, 0.4) is 0 Å². The van der Waals surface area contributed by atoms with Crippen molar-refractivity contribution in [2.75, 3.05) is 25.6 Å². The number of aromatic nitrogens is 4. The van der Waals surface area contributed by atoms with Gasteiger partial charge >= 0.3 is 5.69 Å². The second kappa shape index (κ2) is 9.38. The van der Waals surface area contributed by atoms with E-state index >= 15 is 0 Å². The zero-order valence-corrected chi connectivity index (χ0v) is 20.5. The van der Waals surface area contributed by atoms with E-state index in [1.165, 1.54) is 10.3 Å². The molecule has 4 rings (SSSR count). The third-order valence-corrected chi connectivity index (χ3v) is 6.39. The van der Waals surface area contributed by atoms with Crippen molar-refractivity contribution in [3.05, 3.63) is 81.1 Å². The molecule has 0 amide bonds. The fourth-order valence-corrected chi connectivity index (χ4v) is 4.36. The Kier molecular flexibility index (Phi) is 6.57. The quantitative estimate of drug-likeness (QED) is 0.372. The predicted molar refractivity (Wildman–Crippen MR) is 134 cm³/mol. The van der Waals surface area contributed by atoms with Crippen LogP contribution in [0.5, 0.6) is 5.75 Å². The summed E-state index contributed by atoms with van der Waals surface area (Å²) in [7, 11) is 3.68. The lowest BCUT2D eigenvalue weighted by Crippen LogP contribution is -2.24. The van der Waals surface area contributed by atoms with Crippen molar-refractivity contribution < 1.29 is 4.74 Å². The molecule has 32 heavy (non-hydrogen) atoms. The Morgan fingerprint density at radius 1 is 1.12 bits per heavy atom. The Morgan fingerprint density at radius 2 is 1.81 bits per heavy atom. The maximum Gasteiger partial charge on any atom is 0.340 e. The molecule has 1 unspecified atom stereocenters. The van der Waals surface area contributed by atoms with Gasteiger partial charge in [-0.2, -0.15) is 0 Å². The number of rotatable bonds is 7. The molecule has 0 bridgehead atoms. The molecule has 166 valence electrons. The molecule has 2 aromatic carbocycles. The van der Waals surface area contributed by atoms with Crippen LogP contribution in [0.25, 0.3) is 11.2 Å². The SMILES string of the molecule is COc1ccc(N(C)CC(C)c2ncnc3c2n(S)c(=O)n3Cc2ccc(Br)cc2)cc1. The Morgan fingerprint density at radius 3 is 2.47 bits per heavy atom. The largest absolute Gasteiger partial charge is 0.497 e. The molecule has 0 N–H and O–H groups in total. The summed E-state index contributed by atoms with van der Waals surface area (Å²) in [5.74, 6) is 0.854. The summed E-state index contributed by atoms with van der Waals surface area (Å²) in [5.41, 5.74) is 3.86. The molecule has 0 fully saturated rings. The number of anilines is 1. The Labute approximate surface area is 200 Å². The highest BCUT2D eigenvalue weighted by atomic mass is 79.9. The molecule has 0 saturated heterocycles. The van der Waals surface area contributed by atoms with Crippen molar-refractivity contribution in [3.8, 4) is 5.75 Å². The maximum absolute atomic E-state index is 13.0. The number of nitrogens with zero attached hydrogens (tertiary/aromatic N) is 5. The number of thiol groups is 1. The van der Waals surface area contributed by atoms with Crippen molar-refractivity contribution >= 4 is 45.6 Å². The molecule has 7 nitrogen and oxygen atoms in total. The standard InChI is InChI=1S/C23H24BrN5O2S/c1-15(12-27(2)18-8-10-19(31-3)11-9-18)20-21-22(26-14-25-20)28(23(30)29(21)32)13-16-4-6-17(24)7-5-16/h4-11,14-15,32H,12-13H2,1-3H3. The molecule has 0 aliphatic rings. The summed E-state index contributed by atoms with van der Waals surface area (Å²) in [6.45, 7) is 3.21. The zero-order chi connectivity index (χ0) is 22.8. The third-order valence-electron chi connectivity index (χ3n) is 5.49. The number of ether oxygens (including phenoxy) is 1. The van der Waals surface area contributed by atoms with E-state index < -0.39 is 0 Å². The van der Waals surface area contributed by atoms with Gasteiger partial charge in [0.2, 0.25) is 0 Å². The Hall–Kier alpha value is -2.78. The molecular formula is C23H24BrN5O2S. The number of fused-ring (bicyclic) bond motifs is 1. The number of halogens is 1. The molecule has 0 aliphatic carbocycles. The van der Waals surface area contributed by atoms with Crippen LogP contribution in [0.2, 0.25) is 0 Å². The molecule has 2 heterocycles. The lowest BCUT2D eigenvalue weighted by molar-refractivity contribution is 0.415. The molecular weight excluding hydrogens is 490 g/mol. The fourth-order valence-electron chi connectivity index (χ4n) is 3.80. The predicted octanol–water partition coefficient (Wildman–Crippen LogP) is 4.35. The van der Waals surface area contributed by atoms with Gasteiger partial charge in [-0.05, 0) is 42.0 Å². The van der Waals surface area contributed by atoms with E-state index in [4.69, 9.17) is 4.74 Å². The van der Waals surface area contributed by atoms with Gasteiger partial charge in [-0.15, -0.1) is 0 Å². The summed E-state index contributed by atoms with van der Waals surface area (Å²) in [6.07, 6.45) is 1.52. The monoisotopic (exact) mass is 513 g/mol. The first-order chi connectivity index (χ1) is 15.4. The van der Waals surface area contributed by atoms with Crippen LogP contribution in [0, 0.1) is 0 Å². The van der Waals surface area contributed by atoms with Crippen molar-refractivity contribution in [1.82, 2.24) is 18.5 Å². The van der Waals surface area contributed by atoms with Gasteiger partial charge in [0.1, 0.15) is 17.6 Å². The van der Waals surface area contributed by atoms with E-state index in [9.17, 15) is 4.79 Å². The molecule has 0 aliphatic heterocycles. The number of methoxy groups -OCH3 is 1. The normalized spacial score (nSPS) is 12.2. The number of likely N-dealkylation sites (N-methyl/N-ethyl adjacent to an activating group) is 1. The van der Waals surface area contributed by atoms with Crippen molar-refractivity contribution in [3.63, 3.8) is 0 Å². The van der Waals surface area contributed by atoms with Gasteiger partial charge in [0.15, 0.2) is 5.65 Å². The second-order valence-corrected chi connectivity index (χ2v) is 9.03. The summed E-state index contributed by atoms with van der Waals surface area (Å²) >= 11 is 7.93. The third kappa shape index (κ3) is 4.40. The second-order valence-electron chi connectivity index (χ2n) is 7.72. The molecule has 0 saturated carbocycles. The van der Waals surface area contributed by atoms with Crippen molar-refractivity contribution in [2.24, 2.45) is 0 Å². The highest BCUT2D eigenvalue weighted by molar-refractivity contribution is 9.10.